The molecule has 112 valence electrons. The number of nitrogens with one attached hydrogen (secondary N) is 1. The Labute approximate surface area is 119 Å². The fourth-order valence-corrected chi connectivity index (χ4v) is 2.32. The summed E-state index contributed by atoms with van der Waals surface area (Å²) in [6.45, 7) is 6.93. The van der Waals surface area contributed by atoms with Crippen molar-refractivity contribution in [2.75, 3.05) is 37.7 Å². The van der Waals surface area contributed by atoms with Gasteiger partial charge in [-0.1, -0.05) is 6.07 Å². The van der Waals surface area contributed by atoms with E-state index >= 15 is 0 Å². The molecule has 0 bridgehead atoms. The van der Waals surface area contributed by atoms with E-state index in [0.29, 0.717) is 25.4 Å². The van der Waals surface area contributed by atoms with Crippen molar-refractivity contribution in [3.8, 4) is 0 Å². The van der Waals surface area contributed by atoms with Crippen molar-refractivity contribution in [2.45, 2.75) is 26.0 Å². The number of anilines is 1. The van der Waals surface area contributed by atoms with E-state index in [1.54, 1.807) is 13.0 Å². The minimum Gasteiger partial charge on any atom is -0.392 e. The van der Waals surface area contributed by atoms with Crippen molar-refractivity contribution >= 4 is 5.69 Å². The number of halogens is 1. The monoisotopic (exact) mass is 282 g/mol. The van der Waals surface area contributed by atoms with E-state index in [1.165, 1.54) is 0 Å². The molecule has 2 rings (SSSR count). The Bertz CT molecular complexity index is 434. The zero-order chi connectivity index (χ0) is 14.5. The molecule has 1 saturated heterocycles. The average Bonchev–Trinajstić information content (AvgIpc) is 2.45. The maximum atomic E-state index is 14.2. The quantitative estimate of drug-likeness (QED) is 0.863. The fourth-order valence-electron chi connectivity index (χ4n) is 2.32. The number of morpholine rings is 1. The number of aliphatic hydroxyl groups is 1. The van der Waals surface area contributed by atoms with Crippen LogP contribution in [0.2, 0.25) is 0 Å². The van der Waals surface area contributed by atoms with Crippen LogP contribution in [0.3, 0.4) is 0 Å². The van der Waals surface area contributed by atoms with Gasteiger partial charge in [-0.05, 0) is 31.5 Å². The molecule has 2 atom stereocenters. The van der Waals surface area contributed by atoms with E-state index in [1.807, 2.05) is 24.0 Å². The second-order valence-electron chi connectivity index (χ2n) is 5.29. The first-order valence-electron chi connectivity index (χ1n) is 7.11. The van der Waals surface area contributed by atoms with E-state index in [9.17, 15) is 9.50 Å². The summed E-state index contributed by atoms with van der Waals surface area (Å²) in [6.07, 6.45) is -0.407. The van der Waals surface area contributed by atoms with Crippen LogP contribution in [-0.4, -0.2) is 44.1 Å². The first-order chi connectivity index (χ1) is 9.58. The third-order valence-electron chi connectivity index (χ3n) is 3.54. The normalized spacial score (nSPS) is 18.9. The predicted octanol–water partition coefficient (Wildman–Crippen LogP) is 1.69. The molecule has 2 unspecified atom stereocenters. The van der Waals surface area contributed by atoms with Gasteiger partial charge in [0.05, 0.1) is 25.0 Å². The summed E-state index contributed by atoms with van der Waals surface area (Å²) in [5, 5.41) is 12.4. The molecule has 0 aliphatic carbocycles. The molecule has 1 aromatic carbocycles. The molecule has 1 fully saturated rings. The Morgan fingerprint density at radius 1 is 1.35 bits per heavy atom. The van der Waals surface area contributed by atoms with Gasteiger partial charge in [-0.25, -0.2) is 4.39 Å². The Balaban J connectivity index is 2.04. The molecule has 0 amide bonds. The highest BCUT2D eigenvalue weighted by Crippen LogP contribution is 2.24. The fraction of sp³-hybridized carbons (Fsp3) is 0.600. The van der Waals surface area contributed by atoms with Crippen molar-refractivity contribution in [2.24, 2.45) is 0 Å². The molecule has 2 N–H and O–H groups in total. The molecule has 5 heteroatoms. The number of benzene rings is 1. The van der Waals surface area contributed by atoms with Crippen molar-refractivity contribution in [3.63, 3.8) is 0 Å². The second kappa shape index (κ2) is 7.02. The molecule has 0 saturated carbocycles. The Hall–Kier alpha value is -1.17. The highest BCUT2D eigenvalue weighted by atomic mass is 19.1. The molecule has 0 radical (unpaired) electrons. The maximum Gasteiger partial charge on any atom is 0.146 e. The van der Waals surface area contributed by atoms with Crippen LogP contribution in [0.25, 0.3) is 0 Å². The highest BCUT2D eigenvalue weighted by Gasteiger charge is 2.16. The smallest absolute Gasteiger partial charge is 0.146 e. The van der Waals surface area contributed by atoms with Gasteiger partial charge in [-0.2, -0.15) is 0 Å². The number of hydrogen-bond acceptors (Lipinski definition) is 4. The van der Waals surface area contributed by atoms with Crippen molar-refractivity contribution < 1.29 is 14.2 Å². The van der Waals surface area contributed by atoms with Crippen molar-refractivity contribution in [1.29, 1.82) is 0 Å². The van der Waals surface area contributed by atoms with Gasteiger partial charge in [-0.3, -0.25) is 0 Å². The molecule has 1 aliphatic heterocycles. The summed E-state index contributed by atoms with van der Waals surface area (Å²) in [7, 11) is 0. The number of aliphatic hydroxyl groups excluding tert-OH is 1. The van der Waals surface area contributed by atoms with Gasteiger partial charge >= 0.3 is 0 Å². The van der Waals surface area contributed by atoms with Crippen LogP contribution in [0.4, 0.5) is 10.1 Å². The van der Waals surface area contributed by atoms with Gasteiger partial charge in [0, 0.05) is 25.7 Å². The summed E-state index contributed by atoms with van der Waals surface area (Å²) in [6, 6.07) is 5.35. The number of nitrogens with zero attached hydrogens (tertiary/aromatic N) is 1. The van der Waals surface area contributed by atoms with Crippen LogP contribution >= 0.6 is 0 Å². The highest BCUT2D eigenvalue weighted by molar-refractivity contribution is 5.49. The lowest BCUT2D eigenvalue weighted by atomic mass is 10.1. The maximum absolute atomic E-state index is 14.2. The Kier molecular flexibility index (Phi) is 5.34. The second-order valence-corrected chi connectivity index (χ2v) is 5.29. The van der Waals surface area contributed by atoms with Crippen molar-refractivity contribution in [1.82, 2.24) is 5.32 Å². The SMILES string of the molecule is CC(O)CNC(C)c1ccc(N2CCOCC2)c(F)c1. The van der Waals surface area contributed by atoms with Crippen molar-refractivity contribution in [3.05, 3.63) is 29.6 Å². The summed E-state index contributed by atoms with van der Waals surface area (Å²) >= 11 is 0. The Morgan fingerprint density at radius 2 is 2.05 bits per heavy atom. The van der Waals surface area contributed by atoms with Gasteiger partial charge in [-0.15, -0.1) is 0 Å². The molecule has 0 aromatic heterocycles. The summed E-state index contributed by atoms with van der Waals surface area (Å²) < 4.78 is 19.5. The zero-order valence-electron chi connectivity index (χ0n) is 12.1. The van der Waals surface area contributed by atoms with Crippen LogP contribution < -0.4 is 10.2 Å². The Morgan fingerprint density at radius 3 is 2.65 bits per heavy atom. The lowest BCUT2D eigenvalue weighted by molar-refractivity contribution is 0.122. The molecule has 0 spiro atoms. The molecular formula is C15H23FN2O2. The van der Waals surface area contributed by atoms with Crippen LogP contribution in [0.5, 0.6) is 0 Å². The third-order valence-corrected chi connectivity index (χ3v) is 3.54. The molecular weight excluding hydrogens is 259 g/mol. The summed E-state index contributed by atoms with van der Waals surface area (Å²) in [5.74, 6) is -0.199. The predicted molar refractivity (Wildman–Crippen MR) is 77.5 cm³/mol. The van der Waals surface area contributed by atoms with Gasteiger partial charge in [0.25, 0.3) is 0 Å². The lowest BCUT2D eigenvalue weighted by Gasteiger charge is -2.29. The van der Waals surface area contributed by atoms with E-state index in [0.717, 1.165) is 18.7 Å². The standard InChI is InChI=1S/C15H23FN2O2/c1-11(19)10-17-12(2)13-3-4-15(14(16)9-13)18-5-7-20-8-6-18/h3-4,9,11-12,17,19H,5-8,10H2,1-2H3. The first-order valence-corrected chi connectivity index (χ1v) is 7.11. The van der Waals surface area contributed by atoms with E-state index < -0.39 is 6.10 Å². The topological polar surface area (TPSA) is 44.7 Å². The van der Waals surface area contributed by atoms with Crippen LogP contribution in [0.1, 0.15) is 25.5 Å². The molecule has 1 aromatic rings. The molecule has 1 aliphatic rings. The zero-order valence-corrected chi connectivity index (χ0v) is 12.1. The largest absolute Gasteiger partial charge is 0.392 e. The van der Waals surface area contributed by atoms with E-state index in [2.05, 4.69) is 5.32 Å². The van der Waals surface area contributed by atoms with Gasteiger partial charge in [0.15, 0.2) is 0 Å². The van der Waals surface area contributed by atoms with E-state index in [4.69, 9.17) is 4.74 Å². The van der Waals surface area contributed by atoms with Gasteiger partial charge in [0.1, 0.15) is 5.82 Å². The minimum atomic E-state index is -0.407. The summed E-state index contributed by atoms with van der Waals surface area (Å²) in [4.78, 5) is 2.01. The molecule has 20 heavy (non-hydrogen) atoms. The van der Waals surface area contributed by atoms with Crippen LogP contribution in [-0.2, 0) is 4.74 Å². The average molecular weight is 282 g/mol. The number of hydrogen-bond donors (Lipinski definition) is 2. The number of ether oxygens (including phenoxy) is 1. The van der Waals surface area contributed by atoms with Gasteiger partial charge < -0.3 is 20.1 Å². The summed E-state index contributed by atoms with van der Waals surface area (Å²) in [5.41, 5.74) is 1.53. The third kappa shape index (κ3) is 3.91. The molecule has 4 nitrogen and oxygen atoms in total. The number of rotatable bonds is 5. The van der Waals surface area contributed by atoms with Crippen LogP contribution in [0.15, 0.2) is 18.2 Å². The van der Waals surface area contributed by atoms with Gasteiger partial charge in [0.2, 0.25) is 0 Å². The minimum absolute atomic E-state index is 0.0119. The van der Waals surface area contributed by atoms with Crippen LogP contribution in [0, 0.1) is 5.82 Å². The van der Waals surface area contributed by atoms with E-state index in [-0.39, 0.29) is 11.9 Å². The molecule has 1 heterocycles. The lowest BCUT2D eigenvalue weighted by Crippen LogP contribution is -2.36. The first kappa shape index (κ1) is 15.2.